The van der Waals surface area contributed by atoms with E-state index in [1.54, 1.807) is 0 Å². The lowest BCUT2D eigenvalue weighted by atomic mass is 9.96. The second kappa shape index (κ2) is 11.5. The van der Waals surface area contributed by atoms with Gasteiger partial charge in [-0.25, -0.2) is 14.4 Å². The third-order valence-electron chi connectivity index (χ3n) is 4.91. The summed E-state index contributed by atoms with van der Waals surface area (Å²) in [6, 6.07) is -1.49. The van der Waals surface area contributed by atoms with Gasteiger partial charge < -0.3 is 25.0 Å². The van der Waals surface area contributed by atoms with E-state index in [2.05, 4.69) is 16.0 Å². The van der Waals surface area contributed by atoms with Gasteiger partial charge in [-0.2, -0.15) is 0 Å². The SMILES string of the molecule is COCCNC(=O)NC(=O)COC(=O)[C@@H]1CCCN1C(=O)NC1CCCCC1. The molecular weight excluding hydrogens is 368 g/mol. The minimum absolute atomic E-state index is 0.154. The lowest BCUT2D eigenvalue weighted by Gasteiger charge is -2.28. The molecule has 10 heteroatoms. The van der Waals surface area contributed by atoms with Crippen molar-refractivity contribution >= 4 is 23.9 Å². The quantitative estimate of drug-likeness (QED) is 0.424. The number of ether oxygens (including phenoxy) is 2. The molecule has 0 aromatic heterocycles. The van der Waals surface area contributed by atoms with E-state index in [0.717, 1.165) is 25.7 Å². The largest absolute Gasteiger partial charge is 0.454 e. The Kier molecular flexibility index (Phi) is 8.99. The fourth-order valence-electron chi connectivity index (χ4n) is 3.47. The third-order valence-corrected chi connectivity index (χ3v) is 4.91. The summed E-state index contributed by atoms with van der Waals surface area (Å²) in [5, 5.41) is 7.48. The Balaban J connectivity index is 1.73. The second-order valence-corrected chi connectivity index (χ2v) is 7.04. The number of urea groups is 2. The third kappa shape index (κ3) is 6.99. The molecule has 5 amide bonds. The summed E-state index contributed by atoms with van der Waals surface area (Å²) in [4.78, 5) is 49.5. The van der Waals surface area contributed by atoms with E-state index in [-0.39, 0.29) is 18.6 Å². The molecule has 158 valence electrons. The van der Waals surface area contributed by atoms with Gasteiger partial charge in [0, 0.05) is 26.2 Å². The lowest BCUT2D eigenvalue weighted by molar-refractivity contribution is -0.151. The van der Waals surface area contributed by atoms with E-state index in [4.69, 9.17) is 9.47 Å². The van der Waals surface area contributed by atoms with Crippen molar-refractivity contribution in [1.82, 2.24) is 20.9 Å². The topological polar surface area (TPSA) is 126 Å². The van der Waals surface area contributed by atoms with E-state index >= 15 is 0 Å². The molecule has 0 radical (unpaired) electrons. The average Bonchev–Trinajstić information content (AvgIpc) is 3.17. The highest BCUT2D eigenvalue weighted by molar-refractivity contribution is 5.95. The molecule has 1 saturated heterocycles. The number of amides is 5. The molecule has 0 aromatic rings. The van der Waals surface area contributed by atoms with Crippen LogP contribution in [-0.4, -0.2) is 74.3 Å². The number of hydrogen-bond donors (Lipinski definition) is 3. The standard InChI is InChI=1S/C18H30N4O6/c1-27-11-9-19-17(25)21-15(23)12-28-16(24)14-8-5-10-22(14)18(26)20-13-6-3-2-4-7-13/h13-14H,2-12H2,1H3,(H,20,26)(H2,19,21,23,25)/t14-/m0/s1. The molecule has 2 aliphatic rings. The maximum atomic E-state index is 12.5. The van der Waals surface area contributed by atoms with Crippen molar-refractivity contribution in [3.05, 3.63) is 0 Å². The maximum absolute atomic E-state index is 12.5. The maximum Gasteiger partial charge on any atom is 0.329 e. The second-order valence-electron chi connectivity index (χ2n) is 7.04. The van der Waals surface area contributed by atoms with E-state index < -0.39 is 30.6 Å². The average molecular weight is 398 g/mol. The predicted octanol–water partition coefficient (Wildman–Crippen LogP) is 0.509. The number of nitrogens with one attached hydrogen (secondary N) is 3. The first-order chi connectivity index (χ1) is 13.5. The molecule has 0 unspecified atom stereocenters. The van der Waals surface area contributed by atoms with Crippen molar-refractivity contribution in [2.24, 2.45) is 0 Å². The van der Waals surface area contributed by atoms with Crippen LogP contribution in [0.3, 0.4) is 0 Å². The van der Waals surface area contributed by atoms with Crippen molar-refractivity contribution in [1.29, 1.82) is 0 Å². The van der Waals surface area contributed by atoms with Crippen molar-refractivity contribution in [2.75, 3.05) is 33.4 Å². The summed E-state index contributed by atoms with van der Waals surface area (Å²) in [6.07, 6.45) is 6.51. The van der Waals surface area contributed by atoms with Crippen LogP contribution in [0.15, 0.2) is 0 Å². The number of carbonyl (C=O) groups excluding carboxylic acids is 4. The van der Waals surface area contributed by atoms with Gasteiger partial charge in [0.05, 0.1) is 6.61 Å². The molecule has 1 atom stereocenters. The lowest BCUT2D eigenvalue weighted by Crippen LogP contribution is -2.50. The molecular formula is C18H30N4O6. The van der Waals surface area contributed by atoms with E-state index in [1.165, 1.54) is 18.4 Å². The number of methoxy groups -OCH3 is 1. The molecule has 1 heterocycles. The molecule has 0 spiro atoms. The number of esters is 1. The van der Waals surface area contributed by atoms with Crippen LogP contribution >= 0.6 is 0 Å². The van der Waals surface area contributed by atoms with Gasteiger partial charge in [-0.15, -0.1) is 0 Å². The monoisotopic (exact) mass is 398 g/mol. The Morgan fingerprint density at radius 3 is 2.50 bits per heavy atom. The fraction of sp³-hybridized carbons (Fsp3) is 0.778. The van der Waals surface area contributed by atoms with Crippen LogP contribution < -0.4 is 16.0 Å². The first-order valence-electron chi connectivity index (χ1n) is 9.81. The van der Waals surface area contributed by atoms with E-state index in [0.29, 0.717) is 26.0 Å². The van der Waals surface area contributed by atoms with Gasteiger partial charge in [0.15, 0.2) is 6.61 Å². The molecule has 2 rings (SSSR count). The number of imide groups is 1. The number of carbonyl (C=O) groups is 4. The molecule has 2 fully saturated rings. The van der Waals surface area contributed by atoms with Crippen LogP contribution in [0, 0.1) is 0 Å². The number of nitrogens with zero attached hydrogens (tertiary/aromatic N) is 1. The van der Waals surface area contributed by atoms with E-state index in [1.807, 2.05) is 0 Å². The Hall–Kier alpha value is -2.36. The Labute approximate surface area is 164 Å². The highest BCUT2D eigenvalue weighted by Crippen LogP contribution is 2.21. The highest BCUT2D eigenvalue weighted by Gasteiger charge is 2.36. The molecule has 1 aliphatic heterocycles. The van der Waals surface area contributed by atoms with E-state index in [9.17, 15) is 19.2 Å². The number of rotatable bonds is 7. The van der Waals surface area contributed by atoms with Crippen LogP contribution in [0.25, 0.3) is 0 Å². The number of hydrogen-bond acceptors (Lipinski definition) is 6. The van der Waals surface area contributed by atoms with Crippen LogP contribution in [0.2, 0.25) is 0 Å². The van der Waals surface area contributed by atoms with Crippen molar-refractivity contribution in [2.45, 2.75) is 57.0 Å². The van der Waals surface area contributed by atoms with Crippen molar-refractivity contribution < 1.29 is 28.7 Å². The van der Waals surface area contributed by atoms with Crippen LogP contribution in [-0.2, 0) is 19.1 Å². The zero-order chi connectivity index (χ0) is 20.4. The smallest absolute Gasteiger partial charge is 0.329 e. The molecule has 1 aliphatic carbocycles. The minimum atomic E-state index is -0.737. The minimum Gasteiger partial charge on any atom is -0.454 e. The van der Waals surface area contributed by atoms with Crippen LogP contribution in [0.4, 0.5) is 9.59 Å². The van der Waals surface area contributed by atoms with Gasteiger partial charge in [-0.05, 0) is 25.7 Å². The highest BCUT2D eigenvalue weighted by atomic mass is 16.5. The summed E-state index contributed by atoms with van der Waals surface area (Å²) in [5.41, 5.74) is 0. The van der Waals surface area contributed by atoms with Gasteiger partial charge in [-0.1, -0.05) is 19.3 Å². The number of likely N-dealkylation sites (tertiary alicyclic amines) is 1. The Morgan fingerprint density at radius 1 is 1.04 bits per heavy atom. The van der Waals surface area contributed by atoms with Crippen LogP contribution in [0.5, 0.6) is 0 Å². The fourth-order valence-corrected chi connectivity index (χ4v) is 3.47. The zero-order valence-electron chi connectivity index (χ0n) is 16.3. The molecule has 0 aromatic carbocycles. The molecule has 0 bridgehead atoms. The summed E-state index contributed by atoms with van der Waals surface area (Å²) >= 11 is 0. The first kappa shape index (κ1) is 21.9. The van der Waals surface area contributed by atoms with Crippen LogP contribution in [0.1, 0.15) is 44.9 Å². The predicted molar refractivity (Wildman–Crippen MR) is 99.5 cm³/mol. The molecule has 28 heavy (non-hydrogen) atoms. The molecule has 1 saturated carbocycles. The Morgan fingerprint density at radius 2 is 1.79 bits per heavy atom. The van der Waals surface area contributed by atoms with Gasteiger partial charge in [0.25, 0.3) is 5.91 Å². The summed E-state index contributed by atoms with van der Waals surface area (Å²) in [6.45, 7) is 0.469. The summed E-state index contributed by atoms with van der Waals surface area (Å²) < 4.78 is 9.78. The van der Waals surface area contributed by atoms with Gasteiger partial charge in [0.1, 0.15) is 6.04 Å². The van der Waals surface area contributed by atoms with Crippen molar-refractivity contribution in [3.63, 3.8) is 0 Å². The molecule has 3 N–H and O–H groups in total. The van der Waals surface area contributed by atoms with Gasteiger partial charge in [0.2, 0.25) is 0 Å². The first-order valence-corrected chi connectivity index (χ1v) is 9.81. The van der Waals surface area contributed by atoms with Gasteiger partial charge in [-0.3, -0.25) is 10.1 Å². The zero-order valence-corrected chi connectivity index (χ0v) is 16.3. The van der Waals surface area contributed by atoms with Crippen molar-refractivity contribution in [3.8, 4) is 0 Å². The van der Waals surface area contributed by atoms with Gasteiger partial charge >= 0.3 is 18.0 Å². The summed E-state index contributed by atoms with van der Waals surface area (Å²) in [7, 11) is 1.49. The normalized spacial score (nSPS) is 19.8. The molecule has 10 nitrogen and oxygen atoms in total. The Bertz CT molecular complexity index is 564. The summed E-state index contributed by atoms with van der Waals surface area (Å²) in [5.74, 6) is -1.37.